The maximum absolute atomic E-state index is 12.7. The minimum Gasteiger partial charge on any atom is -0.468 e. The molecule has 1 aromatic heterocycles. The van der Waals surface area contributed by atoms with E-state index in [9.17, 15) is 22.8 Å². The van der Waals surface area contributed by atoms with Crippen LogP contribution in [0, 0.1) is 0 Å². The highest BCUT2D eigenvalue weighted by atomic mass is 32.2. The van der Waals surface area contributed by atoms with Gasteiger partial charge in [-0.05, 0) is 25.1 Å². The third-order valence-corrected chi connectivity index (χ3v) is 4.02. The number of nitrogens with zero attached hydrogens (tertiary/aromatic N) is 2. The lowest BCUT2D eigenvalue weighted by Crippen LogP contribution is -2.23. The standard InChI is InChI=1S/C15H14F3N3O4S/c1-8(13(23)24-2)26-14-21-20-11(25-14)7-19-12(22)9-4-3-5-10(6-9)15(16,17)18/h3-6,8H,7H2,1-2H3,(H,19,22)/t8-/m0/s1. The van der Waals surface area contributed by atoms with Crippen LogP contribution in [0.3, 0.4) is 0 Å². The zero-order chi connectivity index (χ0) is 19.3. The summed E-state index contributed by atoms with van der Waals surface area (Å²) in [7, 11) is 1.25. The van der Waals surface area contributed by atoms with E-state index < -0.39 is 28.9 Å². The smallest absolute Gasteiger partial charge is 0.416 e. The molecule has 0 spiro atoms. The topological polar surface area (TPSA) is 94.3 Å². The number of aromatic nitrogens is 2. The average Bonchev–Trinajstić information content (AvgIpc) is 3.05. The minimum absolute atomic E-state index is 0.0462. The van der Waals surface area contributed by atoms with Crippen molar-refractivity contribution in [2.24, 2.45) is 0 Å². The van der Waals surface area contributed by atoms with E-state index in [1.807, 2.05) is 0 Å². The SMILES string of the molecule is COC(=O)[C@H](C)Sc1nnc(CNC(=O)c2cccc(C(F)(F)F)c2)o1. The van der Waals surface area contributed by atoms with Crippen molar-refractivity contribution < 1.29 is 31.9 Å². The Kier molecular flexibility index (Phi) is 6.24. The van der Waals surface area contributed by atoms with Crippen LogP contribution in [0.2, 0.25) is 0 Å². The van der Waals surface area contributed by atoms with Crippen LogP contribution in [-0.4, -0.2) is 34.4 Å². The molecule has 0 saturated carbocycles. The quantitative estimate of drug-likeness (QED) is 0.600. The molecule has 0 unspecified atom stereocenters. The number of thioether (sulfide) groups is 1. The summed E-state index contributed by atoms with van der Waals surface area (Å²) < 4.78 is 47.8. The molecule has 7 nitrogen and oxygen atoms in total. The number of ether oxygens (including phenoxy) is 1. The predicted molar refractivity (Wildman–Crippen MR) is 84.2 cm³/mol. The fourth-order valence-corrected chi connectivity index (χ4v) is 2.54. The van der Waals surface area contributed by atoms with E-state index in [-0.39, 0.29) is 23.2 Å². The molecule has 2 aromatic rings. The first kappa shape index (κ1) is 19.8. The summed E-state index contributed by atoms with van der Waals surface area (Å²) in [6.07, 6.45) is -4.54. The van der Waals surface area contributed by atoms with Gasteiger partial charge in [-0.1, -0.05) is 17.8 Å². The van der Waals surface area contributed by atoms with Crippen molar-refractivity contribution in [2.45, 2.75) is 30.1 Å². The molecule has 11 heteroatoms. The van der Waals surface area contributed by atoms with Gasteiger partial charge in [-0.15, -0.1) is 10.2 Å². The summed E-state index contributed by atoms with van der Waals surface area (Å²) in [5.41, 5.74) is -1.06. The molecule has 0 aliphatic carbocycles. The van der Waals surface area contributed by atoms with Gasteiger partial charge in [0.15, 0.2) is 0 Å². The number of hydrogen-bond acceptors (Lipinski definition) is 7. The Hall–Kier alpha value is -2.56. The van der Waals surface area contributed by atoms with Gasteiger partial charge < -0.3 is 14.5 Å². The molecule has 26 heavy (non-hydrogen) atoms. The lowest BCUT2D eigenvalue weighted by atomic mass is 10.1. The van der Waals surface area contributed by atoms with E-state index in [0.717, 1.165) is 30.0 Å². The first-order valence-electron chi connectivity index (χ1n) is 7.23. The van der Waals surface area contributed by atoms with Crippen molar-refractivity contribution >= 4 is 23.6 Å². The van der Waals surface area contributed by atoms with Gasteiger partial charge in [0.05, 0.1) is 19.2 Å². The van der Waals surface area contributed by atoms with E-state index in [0.29, 0.717) is 0 Å². The van der Waals surface area contributed by atoms with Crippen LogP contribution in [0.5, 0.6) is 0 Å². The Balaban J connectivity index is 1.95. The molecule has 1 N–H and O–H groups in total. The summed E-state index contributed by atoms with van der Waals surface area (Å²) in [5.74, 6) is -1.14. The summed E-state index contributed by atoms with van der Waals surface area (Å²) in [6, 6.07) is 4.04. The van der Waals surface area contributed by atoms with Crippen molar-refractivity contribution in [3.05, 3.63) is 41.3 Å². The Labute approximate surface area is 150 Å². The number of amides is 1. The molecule has 1 heterocycles. The van der Waals surface area contributed by atoms with E-state index in [2.05, 4.69) is 20.3 Å². The molecule has 1 aromatic carbocycles. The number of benzene rings is 1. The number of carbonyl (C=O) groups is 2. The third kappa shape index (κ3) is 5.22. The second kappa shape index (κ2) is 8.21. The second-order valence-corrected chi connectivity index (χ2v) is 6.30. The molecule has 0 saturated heterocycles. The van der Waals surface area contributed by atoms with E-state index in [4.69, 9.17) is 4.42 Å². The summed E-state index contributed by atoms with van der Waals surface area (Å²) >= 11 is 0.980. The zero-order valence-electron chi connectivity index (χ0n) is 13.7. The Bertz CT molecular complexity index is 794. The van der Waals surface area contributed by atoms with Gasteiger partial charge in [-0.25, -0.2) is 0 Å². The van der Waals surface area contributed by atoms with Crippen LogP contribution in [-0.2, 0) is 22.3 Å². The monoisotopic (exact) mass is 389 g/mol. The van der Waals surface area contributed by atoms with Gasteiger partial charge in [0.1, 0.15) is 5.25 Å². The van der Waals surface area contributed by atoms with Crippen LogP contribution in [0.1, 0.15) is 28.7 Å². The highest BCUT2D eigenvalue weighted by Gasteiger charge is 2.30. The van der Waals surface area contributed by atoms with Gasteiger partial charge in [-0.2, -0.15) is 13.2 Å². The molecule has 2 rings (SSSR count). The number of hydrogen-bond donors (Lipinski definition) is 1. The molecule has 0 radical (unpaired) electrons. The van der Waals surface area contributed by atoms with Crippen LogP contribution in [0.25, 0.3) is 0 Å². The molecule has 0 bridgehead atoms. The highest BCUT2D eigenvalue weighted by Crippen LogP contribution is 2.29. The molecular formula is C15H14F3N3O4S. The fourth-order valence-electron chi connectivity index (χ4n) is 1.82. The lowest BCUT2D eigenvalue weighted by molar-refractivity contribution is -0.139. The van der Waals surface area contributed by atoms with Gasteiger partial charge in [0.25, 0.3) is 11.1 Å². The molecule has 0 aliphatic heterocycles. The first-order valence-corrected chi connectivity index (χ1v) is 8.11. The maximum Gasteiger partial charge on any atom is 0.416 e. The van der Waals surface area contributed by atoms with Crippen molar-refractivity contribution in [3.8, 4) is 0 Å². The van der Waals surface area contributed by atoms with Crippen LogP contribution in [0.15, 0.2) is 33.9 Å². The van der Waals surface area contributed by atoms with Gasteiger partial charge in [0.2, 0.25) is 5.89 Å². The fraction of sp³-hybridized carbons (Fsp3) is 0.333. The van der Waals surface area contributed by atoms with Crippen LogP contribution >= 0.6 is 11.8 Å². The summed E-state index contributed by atoms with van der Waals surface area (Å²) in [5, 5.41) is 9.33. The largest absolute Gasteiger partial charge is 0.468 e. The molecule has 1 amide bonds. The summed E-state index contributed by atoms with van der Waals surface area (Å²) in [6.45, 7) is 1.42. The van der Waals surface area contributed by atoms with Crippen molar-refractivity contribution in [3.63, 3.8) is 0 Å². The predicted octanol–water partition coefficient (Wildman–Crippen LogP) is 2.67. The number of rotatable bonds is 6. The van der Waals surface area contributed by atoms with Gasteiger partial charge in [0, 0.05) is 5.56 Å². The minimum atomic E-state index is -4.54. The Morgan fingerprint density at radius 3 is 2.73 bits per heavy atom. The van der Waals surface area contributed by atoms with Gasteiger partial charge in [-0.3, -0.25) is 9.59 Å². The van der Waals surface area contributed by atoms with Crippen molar-refractivity contribution in [1.29, 1.82) is 0 Å². The van der Waals surface area contributed by atoms with E-state index >= 15 is 0 Å². The van der Waals surface area contributed by atoms with Crippen LogP contribution in [0.4, 0.5) is 13.2 Å². The number of nitrogens with one attached hydrogen (secondary N) is 1. The average molecular weight is 389 g/mol. The maximum atomic E-state index is 12.7. The Morgan fingerprint density at radius 2 is 2.08 bits per heavy atom. The van der Waals surface area contributed by atoms with Crippen molar-refractivity contribution in [1.82, 2.24) is 15.5 Å². The number of halogens is 3. The molecule has 1 atom stereocenters. The van der Waals surface area contributed by atoms with E-state index in [1.165, 1.54) is 13.2 Å². The molecular weight excluding hydrogens is 375 g/mol. The second-order valence-electron chi connectivity index (χ2n) is 5.01. The number of methoxy groups -OCH3 is 1. The molecule has 140 valence electrons. The third-order valence-electron chi connectivity index (χ3n) is 3.11. The Morgan fingerprint density at radius 1 is 1.35 bits per heavy atom. The van der Waals surface area contributed by atoms with Crippen molar-refractivity contribution in [2.75, 3.05) is 7.11 Å². The van der Waals surface area contributed by atoms with E-state index in [1.54, 1.807) is 6.92 Å². The first-order chi connectivity index (χ1) is 12.2. The number of alkyl halides is 3. The number of carbonyl (C=O) groups excluding carboxylic acids is 2. The van der Waals surface area contributed by atoms with Crippen LogP contribution < -0.4 is 5.32 Å². The van der Waals surface area contributed by atoms with Gasteiger partial charge >= 0.3 is 12.1 Å². The molecule has 0 fully saturated rings. The lowest BCUT2D eigenvalue weighted by Gasteiger charge is -2.08. The summed E-state index contributed by atoms with van der Waals surface area (Å²) in [4.78, 5) is 23.3. The normalized spacial score (nSPS) is 12.5. The number of esters is 1. The molecule has 0 aliphatic rings. The highest BCUT2D eigenvalue weighted by molar-refractivity contribution is 8.00. The zero-order valence-corrected chi connectivity index (χ0v) is 14.5.